The molecule has 0 aliphatic heterocycles. The highest BCUT2D eigenvalue weighted by Gasteiger charge is 2.36. The molecule has 0 radical (unpaired) electrons. The first-order chi connectivity index (χ1) is 7.29. The molecule has 0 amide bonds. The Morgan fingerprint density at radius 2 is 2.06 bits per heavy atom. The van der Waals surface area contributed by atoms with Crippen LogP contribution in [0.3, 0.4) is 0 Å². The number of hydrogen-bond acceptors (Lipinski definition) is 5. The van der Waals surface area contributed by atoms with E-state index in [1.807, 2.05) is 0 Å². The van der Waals surface area contributed by atoms with Gasteiger partial charge in [-0.05, 0) is 20.3 Å². The predicted octanol–water partition coefficient (Wildman–Crippen LogP) is 2.13. The van der Waals surface area contributed by atoms with Crippen molar-refractivity contribution in [2.45, 2.75) is 38.6 Å². The summed E-state index contributed by atoms with van der Waals surface area (Å²) in [5.74, 6) is -1.13. The van der Waals surface area contributed by atoms with Crippen molar-refractivity contribution in [2.75, 3.05) is 5.32 Å². The maximum absolute atomic E-state index is 12.2. The van der Waals surface area contributed by atoms with Crippen molar-refractivity contribution in [3.63, 3.8) is 0 Å². The average molecular weight is 255 g/mol. The van der Waals surface area contributed by atoms with Crippen LogP contribution >= 0.6 is 11.5 Å². The molecule has 4 nitrogen and oxygen atoms in total. The monoisotopic (exact) mass is 255 g/mol. The van der Waals surface area contributed by atoms with Gasteiger partial charge in [0.15, 0.2) is 0 Å². The van der Waals surface area contributed by atoms with E-state index in [4.69, 9.17) is 5.11 Å². The fourth-order valence-electron chi connectivity index (χ4n) is 1.18. The van der Waals surface area contributed by atoms with Gasteiger partial charge in [-0.1, -0.05) is 0 Å². The number of aliphatic hydroxyl groups excluding tert-OH is 1. The molecule has 1 aromatic heterocycles. The quantitative estimate of drug-likeness (QED) is 0.865. The zero-order valence-electron chi connectivity index (χ0n) is 8.75. The Kier molecular flexibility index (Phi) is 4.09. The summed E-state index contributed by atoms with van der Waals surface area (Å²) < 4.78 is 39.7. The third-order valence-electron chi connectivity index (χ3n) is 1.74. The second kappa shape index (κ2) is 4.96. The molecule has 0 aliphatic rings. The van der Waals surface area contributed by atoms with E-state index in [9.17, 15) is 13.2 Å². The zero-order chi connectivity index (χ0) is 12.3. The SMILES string of the molecule is CC(O)CC(C)Nc1nc(C(F)(F)F)ns1. The van der Waals surface area contributed by atoms with Crippen molar-refractivity contribution in [1.82, 2.24) is 9.36 Å². The van der Waals surface area contributed by atoms with Gasteiger partial charge in [-0.2, -0.15) is 22.5 Å². The molecule has 2 N–H and O–H groups in total. The molecule has 8 heteroatoms. The Balaban J connectivity index is 2.59. The number of nitrogens with one attached hydrogen (secondary N) is 1. The van der Waals surface area contributed by atoms with Crippen molar-refractivity contribution < 1.29 is 18.3 Å². The van der Waals surface area contributed by atoms with Crippen molar-refractivity contribution in [2.24, 2.45) is 0 Å². The summed E-state index contributed by atoms with van der Waals surface area (Å²) in [6, 6.07) is -0.158. The van der Waals surface area contributed by atoms with Gasteiger partial charge < -0.3 is 10.4 Å². The Morgan fingerprint density at radius 1 is 1.44 bits per heavy atom. The van der Waals surface area contributed by atoms with E-state index < -0.39 is 18.1 Å². The summed E-state index contributed by atoms with van der Waals surface area (Å²) in [6.45, 7) is 3.36. The van der Waals surface area contributed by atoms with Crippen molar-refractivity contribution in [3.8, 4) is 0 Å². The van der Waals surface area contributed by atoms with Crippen LogP contribution in [0, 0.1) is 0 Å². The molecule has 2 unspecified atom stereocenters. The van der Waals surface area contributed by atoms with Crippen LogP contribution in [0.2, 0.25) is 0 Å². The Labute approximate surface area is 94.7 Å². The largest absolute Gasteiger partial charge is 0.452 e. The van der Waals surface area contributed by atoms with E-state index in [0.717, 1.165) is 0 Å². The van der Waals surface area contributed by atoms with Crippen LogP contribution in [0.15, 0.2) is 0 Å². The van der Waals surface area contributed by atoms with Crippen LogP contribution in [0.25, 0.3) is 0 Å². The standard InChI is InChI=1S/C8H12F3N3OS/c1-4(3-5(2)15)12-7-13-6(14-16-7)8(9,10)11/h4-5,15H,3H2,1-2H3,(H,12,13,14). The first-order valence-corrected chi connectivity index (χ1v) is 5.42. The van der Waals surface area contributed by atoms with Crippen LogP contribution in [-0.4, -0.2) is 26.6 Å². The fraction of sp³-hybridized carbons (Fsp3) is 0.750. The van der Waals surface area contributed by atoms with Crippen LogP contribution < -0.4 is 5.32 Å². The molecule has 0 bridgehead atoms. The zero-order valence-corrected chi connectivity index (χ0v) is 9.56. The van der Waals surface area contributed by atoms with E-state index in [1.54, 1.807) is 13.8 Å². The highest BCUT2D eigenvalue weighted by molar-refractivity contribution is 7.09. The van der Waals surface area contributed by atoms with Crippen molar-refractivity contribution >= 4 is 16.7 Å². The van der Waals surface area contributed by atoms with Crippen LogP contribution in [0.4, 0.5) is 18.3 Å². The lowest BCUT2D eigenvalue weighted by atomic mass is 10.2. The molecular weight excluding hydrogens is 243 g/mol. The highest BCUT2D eigenvalue weighted by Crippen LogP contribution is 2.29. The molecule has 0 spiro atoms. The number of hydrogen-bond donors (Lipinski definition) is 2. The summed E-state index contributed by atoms with van der Waals surface area (Å²) in [7, 11) is 0. The molecule has 92 valence electrons. The van der Waals surface area contributed by atoms with E-state index >= 15 is 0 Å². The second-order valence-corrected chi connectivity index (χ2v) is 4.30. The minimum atomic E-state index is -4.51. The van der Waals surface area contributed by atoms with Gasteiger partial charge in [-0.15, -0.1) is 0 Å². The first-order valence-electron chi connectivity index (χ1n) is 4.64. The van der Waals surface area contributed by atoms with Gasteiger partial charge >= 0.3 is 6.18 Å². The van der Waals surface area contributed by atoms with Gasteiger partial charge in [0, 0.05) is 17.6 Å². The third-order valence-corrected chi connectivity index (χ3v) is 2.39. The van der Waals surface area contributed by atoms with Crippen LogP contribution in [0.1, 0.15) is 26.1 Å². The minimum Gasteiger partial charge on any atom is -0.393 e. The number of anilines is 1. The van der Waals surface area contributed by atoms with Gasteiger partial charge in [0.1, 0.15) is 0 Å². The lowest BCUT2D eigenvalue weighted by Gasteiger charge is -2.13. The number of aliphatic hydroxyl groups is 1. The van der Waals surface area contributed by atoms with Gasteiger partial charge in [-0.3, -0.25) is 0 Å². The van der Waals surface area contributed by atoms with E-state index in [2.05, 4.69) is 14.7 Å². The Morgan fingerprint density at radius 3 is 2.50 bits per heavy atom. The maximum atomic E-state index is 12.2. The van der Waals surface area contributed by atoms with Crippen molar-refractivity contribution in [3.05, 3.63) is 5.82 Å². The number of alkyl halides is 3. The smallest absolute Gasteiger partial charge is 0.393 e. The van der Waals surface area contributed by atoms with E-state index in [-0.39, 0.29) is 11.2 Å². The van der Waals surface area contributed by atoms with Gasteiger partial charge in [0.2, 0.25) is 11.0 Å². The minimum absolute atomic E-state index is 0.112. The first kappa shape index (κ1) is 13.2. The third kappa shape index (κ3) is 3.93. The molecule has 0 aromatic carbocycles. The summed E-state index contributed by atoms with van der Waals surface area (Å²) in [6.07, 6.45) is -4.59. The average Bonchev–Trinajstić information content (AvgIpc) is 2.49. The maximum Gasteiger partial charge on any atom is 0.452 e. The summed E-state index contributed by atoms with van der Waals surface area (Å²) in [5.41, 5.74) is 0. The summed E-state index contributed by atoms with van der Waals surface area (Å²) in [4.78, 5) is 3.32. The lowest BCUT2D eigenvalue weighted by molar-refractivity contribution is -0.144. The van der Waals surface area contributed by atoms with Gasteiger partial charge in [0.25, 0.3) is 0 Å². The van der Waals surface area contributed by atoms with Gasteiger partial charge in [-0.25, -0.2) is 0 Å². The molecule has 0 saturated carbocycles. The Bertz CT molecular complexity index is 340. The molecule has 0 aliphatic carbocycles. The number of aromatic nitrogens is 2. The number of rotatable bonds is 4. The molecule has 16 heavy (non-hydrogen) atoms. The Hall–Kier alpha value is -0.890. The summed E-state index contributed by atoms with van der Waals surface area (Å²) in [5, 5.41) is 11.9. The van der Waals surface area contributed by atoms with E-state index in [0.29, 0.717) is 18.0 Å². The molecule has 1 heterocycles. The van der Waals surface area contributed by atoms with Crippen molar-refractivity contribution in [1.29, 1.82) is 0 Å². The van der Waals surface area contributed by atoms with Gasteiger partial charge in [0.05, 0.1) is 6.10 Å². The van der Waals surface area contributed by atoms with Crippen LogP contribution in [0.5, 0.6) is 0 Å². The molecule has 0 saturated heterocycles. The summed E-state index contributed by atoms with van der Waals surface area (Å²) >= 11 is 0.658. The molecule has 1 rings (SSSR count). The second-order valence-electron chi connectivity index (χ2n) is 3.55. The van der Waals surface area contributed by atoms with E-state index in [1.165, 1.54) is 0 Å². The predicted molar refractivity (Wildman–Crippen MR) is 54.3 cm³/mol. The normalized spacial score (nSPS) is 15.9. The topological polar surface area (TPSA) is 58.0 Å². The number of nitrogens with zero attached hydrogens (tertiary/aromatic N) is 2. The molecular formula is C8H12F3N3OS. The molecule has 0 fully saturated rings. The number of halogens is 3. The fourth-order valence-corrected chi connectivity index (χ4v) is 1.88. The van der Waals surface area contributed by atoms with Crippen LogP contribution in [-0.2, 0) is 6.18 Å². The molecule has 1 aromatic rings. The highest BCUT2D eigenvalue weighted by atomic mass is 32.1. The lowest BCUT2D eigenvalue weighted by Crippen LogP contribution is -2.20. The molecule has 2 atom stereocenters.